The average molecular weight is 285 g/mol. The topological polar surface area (TPSA) is 77.2 Å². The predicted molar refractivity (Wildman–Crippen MR) is 82.1 cm³/mol. The number of ether oxygens (including phenoxy) is 1. The number of anilines is 1. The fourth-order valence-electron chi connectivity index (χ4n) is 1.99. The molecule has 0 aliphatic rings. The number of benzene rings is 1. The van der Waals surface area contributed by atoms with Gasteiger partial charge in [-0.15, -0.1) is 0 Å². The SMILES string of the molecule is COC(=O)c1ccnc(NCCC(N)c2ccccc2)c1. The summed E-state index contributed by atoms with van der Waals surface area (Å²) in [4.78, 5) is 15.6. The van der Waals surface area contributed by atoms with Crippen molar-refractivity contribution in [3.05, 3.63) is 59.8 Å². The molecule has 2 aromatic rings. The highest BCUT2D eigenvalue weighted by atomic mass is 16.5. The molecule has 3 N–H and O–H groups in total. The number of hydrogen-bond acceptors (Lipinski definition) is 5. The molecule has 1 unspecified atom stereocenters. The summed E-state index contributed by atoms with van der Waals surface area (Å²) in [6.45, 7) is 0.674. The van der Waals surface area contributed by atoms with Crippen molar-refractivity contribution in [1.29, 1.82) is 0 Å². The van der Waals surface area contributed by atoms with E-state index >= 15 is 0 Å². The number of methoxy groups -OCH3 is 1. The van der Waals surface area contributed by atoms with Crippen molar-refractivity contribution in [2.75, 3.05) is 19.0 Å². The molecule has 2 rings (SSSR count). The Hall–Kier alpha value is -2.40. The molecular formula is C16H19N3O2. The Morgan fingerprint density at radius 1 is 1.33 bits per heavy atom. The van der Waals surface area contributed by atoms with Crippen LogP contribution in [0.25, 0.3) is 0 Å². The van der Waals surface area contributed by atoms with Crippen LogP contribution < -0.4 is 11.1 Å². The van der Waals surface area contributed by atoms with Crippen LogP contribution in [0.5, 0.6) is 0 Å². The second kappa shape index (κ2) is 7.40. The smallest absolute Gasteiger partial charge is 0.338 e. The molecule has 1 aromatic heterocycles. The third kappa shape index (κ3) is 4.29. The van der Waals surface area contributed by atoms with Gasteiger partial charge in [0, 0.05) is 18.8 Å². The molecule has 0 fully saturated rings. The summed E-state index contributed by atoms with van der Waals surface area (Å²) < 4.78 is 4.68. The highest BCUT2D eigenvalue weighted by molar-refractivity contribution is 5.89. The second-order valence-corrected chi connectivity index (χ2v) is 4.65. The first-order valence-electron chi connectivity index (χ1n) is 6.79. The van der Waals surface area contributed by atoms with Gasteiger partial charge < -0.3 is 15.8 Å². The number of pyridine rings is 1. The first-order valence-corrected chi connectivity index (χ1v) is 6.79. The van der Waals surface area contributed by atoms with E-state index in [4.69, 9.17) is 5.73 Å². The van der Waals surface area contributed by atoms with E-state index < -0.39 is 0 Å². The highest BCUT2D eigenvalue weighted by Crippen LogP contribution is 2.14. The summed E-state index contributed by atoms with van der Waals surface area (Å²) >= 11 is 0. The van der Waals surface area contributed by atoms with E-state index in [1.807, 2.05) is 30.3 Å². The lowest BCUT2D eigenvalue weighted by atomic mass is 10.1. The summed E-state index contributed by atoms with van der Waals surface area (Å²) in [5, 5.41) is 3.17. The molecule has 0 amide bonds. The zero-order valence-corrected chi connectivity index (χ0v) is 12.0. The Labute approximate surface area is 124 Å². The van der Waals surface area contributed by atoms with E-state index in [2.05, 4.69) is 15.0 Å². The maximum Gasteiger partial charge on any atom is 0.338 e. The molecule has 0 saturated carbocycles. The van der Waals surface area contributed by atoms with Crippen LogP contribution in [0.2, 0.25) is 0 Å². The number of nitrogens with one attached hydrogen (secondary N) is 1. The van der Waals surface area contributed by atoms with Crippen molar-refractivity contribution < 1.29 is 9.53 Å². The van der Waals surface area contributed by atoms with Crippen LogP contribution in [0.15, 0.2) is 48.7 Å². The van der Waals surface area contributed by atoms with Crippen molar-refractivity contribution in [3.8, 4) is 0 Å². The van der Waals surface area contributed by atoms with Gasteiger partial charge in [-0.05, 0) is 24.1 Å². The van der Waals surface area contributed by atoms with Crippen molar-refractivity contribution >= 4 is 11.8 Å². The summed E-state index contributed by atoms with van der Waals surface area (Å²) in [5.41, 5.74) is 7.71. The number of carbonyl (C=O) groups excluding carboxylic acids is 1. The molecule has 0 aliphatic carbocycles. The highest BCUT2D eigenvalue weighted by Gasteiger charge is 2.07. The van der Waals surface area contributed by atoms with Crippen LogP contribution in [0, 0.1) is 0 Å². The van der Waals surface area contributed by atoms with E-state index in [0.717, 1.165) is 12.0 Å². The zero-order valence-electron chi connectivity index (χ0n) is 12.0. The van der Waals surface area contributed by atoms with Gasteiger partial charge in [0.1, 0.15) is 5.82 Å². The minimum Gasteiger partial charge on any atom is -0.465 e. The Kier molecular flexibility index (Phi) is 5.29. The number of hydrogen-bond donors (Lipinski definition) is 2. The third-order valence-electron chi connectivity index (χ3n) is 3.17. The number of carbonyl (C=O) groups is 1. The Bertz CT molecular complexity index is 587. The van der Waals surface area contributed by atoms with E-state index in [-0.39, 0.29) is 12.0 Å². The maximum atomic E-state index is 11.4. The van der Waals surface area contributed by atoms with Crippen LogP contribution in [0.4, 0.5) is 5.82 Å². The number of nitrogens with two attached hydrogens (primary N) is 1. The number of rotatable bonds is 6. The van der Waals surface area contributed by atoms with Gasteiger partial charge in [0.15, 0.2) is 0 Å². The molecule has 1 aromatic carbocycles. The van der Waals surface area contributed by atoms with Gasteiger partial charge in [-0.1, -0.05) is 30.3 Å². The third-order valence-corrected chi connectivity index (χ3v) is 3.17. The number of esters is 1. The molecule has 1 heterocycles. The first kappa shape index (κ1) is 15.0. The molecule has 5 heteroatoms. The molecule has 0 spiro atoms. The lowest BCUT2D eigenvalue weighted by molar-refractivity contribution is 0.0600. The molecule has 0 saturated heterocycles. The molecule has 110 valence electrons. The normalized spacial score (nSPS) is 11.7. The van der Waals surface area contributed by atoms with Gasteiger partial charge >= 0.3 is 5.97 Å². The van der Waals surface area contributed by atoms with E-state index in [9.17, 15) is 4.79 Å². The minimum absolute atomic E-state index is 0.0255. The van der Waals surface area contributed by atoms with Gasteiger partial charge in [0.05, 0.1) is 12.7 Å². The predicted octanol–water partition coefficient (Wildman–Crippen LogP) is 2.37. The minimum atomic E-state index is -0.374. The molecule has 21 heavy (non-hydrogen) atoms. The monoisotopic (exact) mass is 285 g/mol. The zero-order chi connectivity index (χ0) is 15.1. The molecule has 1 atom stereocenters. The van der Waals surface area contributed by atoms with Gasteiger partial charge in [0.25, 0.3) is 0 Å². The van der Waals surface area contributed by atoms with Crippen LogP contribution in [-0.2, 0) is 4.74 Å². The molecule has 0 radical (unpaired) electrons. The number of aromatic nitrogens is 1. The van der Waals surface area contributed by atoms with Crippen LogP contribution in [0.1, 0.15) is 28.4 Å². The summed E-state index contributed by atoms with van der Waals surface area (Å²) in [7, 11) is 1.36. The molecule has 0 aliphatic heterocycles. The molecule has 0 bridgehead atoms. The number of nitrogens with zero attached hydrogens (tertiary/aromatic N) is 1. The fourth-order valence-corrected chi connectivity index (χ4v) is 1.99. The summed E-state index contributed by atoms with van der Waals surface area (Å²) in [5.74, 6) is 0.264. The average Bonchev–Trinajstić information content (AvgIpc) is 2.55. The van der Waals surface area contributed by atoms with Gasteiger partial charge in [-0.3, -0.25) is 0 Å². The Morgan fingerprint density at radius 3 is 2.81 bits per heavy atom. The van der Waals surface area contributed by atoms with Crippen molar-refractivity contribution in [3.63, 3.8) is 0 Å². The van der Waals surface area contributed by atoms with Crippen LogP contribution in [0.3, 0.4) is 0 Å². The van der Waals surface area contributed by atoms with Crippen molar-refractivity contribution in [2.45, 2.75) is 12.5 Å². The second-order valence-electron chi connectivity index (χ2n) is 4.65. The lowest BCUT2D eigenvalue weighted by Gasteiger charge is -2.13. The first-order chi connectivity index (χ1) is 10.2. The van der Waals surface area contributed by atoms with Gasteiger partial charge in [0.2, 0.25) is 0 Å². The van der Waals surface area contributed by atoms with E-state index in [1.54, 1.807) is 18.3 Å². The van der Waals surface area contributed by atoms with Crippen LogP contribution in [-0.4, -0.2) is 24.6 Å². The maximum absolute atomic E-state index is 11.4. The molecular weight excluding hydrogens is 266 g/mol. The van der Waals surface area contributed by atoms with Gasteiger partial charge in [-0.25, -0.2) is 9.78 Å². The quantitative estimate of drug-likeness (QED) is 0.797. The Morgan fingerprint density at radius 2 is 2.10 bits per heavy atom. The largest absolute Gasteiger partial charge is 0.465 e. The summed E-state index contributed by atoms with van der Waals surface area (Å²) in [6.07, 6.45) is 2.35. The van der Waals surface area contributed by atoms with E-state index in [1.165, 1.54) is 7.11 Å². The van der Waals surface area contributed by atoms with Gasteiger partial charge in [-0.2, -0.15) is 0 Å². The lowest BCUT2D eigenvalue weighted by Crippen LogP contribution is -2.15. The molecule has 5 nitrogen and oxygen atoms in total. The van der Waals surface area contributed by atoms with Crippen LogP contribution >= 0.6 is 0 Å². The van der Waals surface area contributed by atoms with Crippen molar-refractivity contribution in [1.82, 2.24) is 4.98 Å². The standard InChI is InChI=1S/C16H19N3O2/c1-21-16(20)13-7-9-18-15(11-13)19-10-8-14(17)12-5-3-2-4-6-12/h2-7,9,11,14H,8,10,17H2,1H3,(H,18,19). The van der Waals surface area contributed by atoms with Crippen molar-refractivity contribution in [2.24, 2.45) is 5.73 Å². The summed E-state index contributed by atoms with van der Waals surface area (Å²) in [6, 6.07) is 13.2. The Balaban J connectivity index is 1.87. The fraction of sp³-hybridized carbons (Fsp3) is 0.250. The van der Waals surface area contributed by atoms with E-state index in [0.29, 0.717) is 17.9 Å².